The third kappa shape index (κ3) is 5.35. The Balaban J connectivity index is 1.67. The van der Waals surface area contributed by atoms with Crippen molar-refractivity contribution in [1.29, 1.82) is 0 Å². The first kappa shape index (κ1) is 20.4. The zero-order valence-electron chi connectivity index (χ0n) is 15.4. The van der Waals surface area contributed by atoms with Crippen molar-refractivity contribution in [2.45, 2.75) is 13.5 Å². The van der Waals surface area contributed by atoms with E-state index in [-0.39, 0.29) is 23.7 Å². The highest BCUT2D eigenvalue weighted by Crippen LogP contribution is 2.29. The van der Waals surface area contributed by atoms with Gasteiger partial charge in [-0.2, -0.15) is 0 Å². The van der Waals surface area contributed by atoms with Crippen LogP contribution in [0.4, 0.5) is 11.4 Å². The van der Waals surface area contributed by atoms with E-state index in [0.29, 0.717) is 23.9 Å². The lowest BCUT2D eigenvalue weighted by molar-refractivity contribution is -0.384. The average Bonchev–Trinajstić information content (AvgIpc) is 3.18. The van der Waals surface area contributed by atoms with Gasteiger partial charge in [-0.05, 0) is 55.5 Å². The molecule has 3 aromatic rings. The summed E-state index contributed by atoms with van der Waals surface area (Å²) in [5.74, 6) is 0.859. The number of nitrogens with zero attached hydrogens (tertiary/aromatic N) is 1. The molecule has 0 saturated carbocycles. The normalized spacial score (nSPS) is 10.4. The van der Waals surface area contributed by atoms with E-state index in [1.54, 1.807) is 31.2 Å². The van der Waals surface area contributed by atoms with Crippen LogP contribution in [0.25, 0.3) is 0 Å². The Bertz CT molecular complexity index is 1020. The van der Waals surface area contributed by atoms with Gasteiger partial charge in [-0.15, -0.1) is 0 Å². The summed E-state index contributed by atoms with van der Waals surface area (Å²) in [5.41, 5.74) is -0.220. The number of furan rings is 1. The van der Waals surface area contributed by atoms with Crippen LogP contribution in [-0.2, 0) is 6.61 Å². The van der Waals surface area contributed by atoms with E-state index in [2.05, 4.69) is 21.2 Å². The fourth-order valence-corrected chi connectivity index (χ4v) is 2.74. The molecule has 0 fully saturated rings. The molecule has 1 N–H and O–H groups in total. The zero-order chi connectivity index (χ0) is 20.8. The molecular formula is C20H17BrN2O6. The Morgan fingerprint density at radius 2 is 1.83 bits per heavy atom. The van der Waals surface area contributed by atoms with Gasteiger partial charge in [0.1, 0.15) is 29.6 Å². The summed E-state index contributed by atoms with van der Waals surface area (Å²) in [6.07, 6.45) is 0. The van der Waals surface area contributed by atoms with Crippen LogP contribution in [0.1, 0.15) is 23.2 Å². The van der Waals surface area contributed by atoms with E-state index >= 15 is 0 Å². The van der Waals surface area contributed by atoms with Crippen LogP contribution >= 0.6 is 15.9 Å². The van der Waals surface area contributed by atoms with Crippen LogP contribution in [0.5, 0.6) is 11.5 Å². The van der Waals surface area contributed by atoms with E-state index < -0.39 is 10.8 Å². The van der Waals surface area contributed by atoms with Crippen molar-refractivity contribution >= 4 is 33.2 Å². The summed E-state index contributed by atoms with van der Waals surface area (Å²) in [7, 11) is 0. The topological polar surface area (TPSA) is 104 Å². The smallest absolute Gasteiger partial charge is 0.296 e. The Morgan fingerprint density at radius 1 is 1.10 bits per heavy atom. The zero-order valence-corrected chi connectivity index (χ0v) is 17.0. The highest BCUT2D eigenvalue weighted by atomic mass is 79.9. The van der Waals surface area contributed by atoms with E-state index in [1.807, 2.05) is 12.1 Å². The predicted molar refractivity (Wildman–Crippen MR) is 109 cm³/mol. The summed E-state index contributed by atoms with van der Waals surface area (Å²) in [4.78, 5) is 23.1. The van der Waals surface area contributed by atoms with Gasteiger partial charge in [0.15, 0.2) is 5.76 Å². The summed E-state index contributed by atoms with van der Waals surface area (Å²) in [5, 5.41) is 13.8. The summed E-state index contributed by atoms with van der Waals surface area (Å²) in [6.45, 7) is 2.29. The van der Waals surface area contributed by atoms with Gasteiger partial charge in [-0.1, -0.05) is 15.9 Å². The minimum absolute atomic E-state index is 0.0163. The summed E-state index contributed by atoms with van der Waals surface area (Å²) < 4.78 is 17.3. The Hall–Kier alpha value is -3.33. The minimum Gasteiger partial charge on any atom is -0.494 e. The Labute approximate surface area is 174 Å². The molecule has 1 aromatic heterocycles. The molecule has 2 aromatic carbocycles. The molecule has 0 atom stereocenters. The van der Waals surface area contributed by atoms with Crippen molar-refractivity contribution in [1.82, 2.24) is 0 Å². The number of halogens is 1. The third-order valence-electron chi connectivity index (χ3n) is 3.81. The second kappa shape index (κ2) is 9.24. The van der Waals surface area contributed by atoms with Crippen LogP contribution in [0.3, 0.4) is 0 Å². The minimum atomic E-state index is -0.604. The lowest BCUT2D eigenvalue weighted by Gasteiger charge is -2.07. The highest BCUT2D eigenvalue weighted by molar-refractivity contribution is 9.10. The number of ether oxygens (including phenoxy) is 2. The Morgan fingerprint density at radius 3 is 2.52 bits per heavy atom. The van der Waals surface area contributed by atoms with Gasteiger partial charge in [0, 0.05) is 4.47 Å². The molecule has 0 spiro atoms. The van der Waals surface area contributed by atoms with E-state index in [1.165, 1.54) is 18.2 Å². The Kier molecular flexibility index (Phi) is 6.50. The number of hydrogen-bond donors (Lipinski definition) is 1. The summed E-state index contributed by atoms with van der Waals surface area (Å²) in [6, 6.07) is 14.6. The lowest BCUT2D eigenvalue weighted by atomic mass is 10.2. The van der Waals surface area contributed by atoms with Crippen LogP contribution in [0, 0.1) is 10.1 Å². The van der Waals surface area contributed by atoms with Crippen molar-refractivity contribution in [3.63, 3.8) is 0 Å². The van der Waals surface area contributed by atoms with Gasteiger partial charge in [0.05, 0.1) is 17.6 Å². The van der Waals surface area contributed by atoms with Gasteiger partial charge in [-0.3, -0.25) is 14.9 Å². The molecule has 150 valence electrons. The number of benzene rings is 2. The third-order valence-corrected chi connectivity index (χ3v) is 4.33. The maximum absolute atomic E-state index is 12.4. The van der Waals surface area contributed by atoms with Crippen molar-refractivity contribution in [3.8, 4) is 11.5 Å². The number of rotatable bonds is 8. The first-order valence-corrected chi connectivity index (χ1v) is 9.45. The van der Waals surface area contributed by atoms with Gasteiger partial charge >= 0.3 is 0 Å². The number of carbonyl (C=O) groups excluding carboxylic acids is 1. The molecule has 0 aliphatic heterocycles. The quantitative estimate of drug-likeness (QED) is 0.366. The molecule has 0 aliphatic carbocycles. The van der Waals surface area contributed by atoms with Crippen LogP contribution in [0.15, 0.2) is 63.5 Å². The van der Waals surface area contributed by atoms with Gasteiger partial charge in [0.25, 0.3) is 11.6 Å². The predicted octanol–water partition coefficient (Wildman–Crippen LogP) is 5.18. The number of carbonyl (C=O) groups is 1. The van der Waals surface area contributed by atoms with Crippen molar-refractivity contribution in [2.24, 2.45) is 0 Å². The fourth-order valence-electron chi connectivity index (χ4n) is 2.47. The summed E-state index contributed by atoms with van der Waals surface area (Å²) >= 11 is 3.35. The molecule has 0 bridgehead atoms. The number of nitro groups is 1. The van der Waals surface area contributed by atoms with Crippen LogP contribution in [-0.4, -0.2) is 17.4 Å². The maximum Gasteiger partial charge on any atom is 0.296 e. The van der Waals surface area contributed by atoms with E-state index in [9.17, 15) is 14.9 Å². The largest absolute Gasteiger partial charge is 0.494 e. The molecule has 8 nitrogen and oxygen atoms in total. The standard InChI is InChI=1S/C20H17BrN2O6/c1-2-27-15-7-9-17(18(11-15)23(25)26)22-20(24)19-10-8-16(29-19)12-28-14-5-3-13(21)4-6-14/h3-11H,2,12H2,1H3,(H,22,24). The number of nitrogens with one attached hydrogen (secondary N) is 1. The average molecular weight is 461 g/mol. The van der Waals surface area contributed by atoms with Crippen molar-refractivity contribution in [2.75, 3.05) is 11.9 Å². The molecule has 1 amide bonds. The molecule has 0 aliphatic rings. The first-order valence-electron chi connectivity index (χ1n) is 8.66. The highest BCUT2D eigenvalue weighted by Gasteiger charge is 2.20. The van der Waals surface area contributed by atoms with Crippen LogP contribution in [0.2, 0.25) is 0 Å². The first-order chi connectivity index (χ1) is 14.0. The maximum atomic E-state index is 12.4. The molecule has 1 heterocycles. The monoisotopic (exact) mass is 460 g/mol. The van der Waals surface area contributed by atoms with Crippen LogP contribution < -0.4 is 14.8 Å². The molecule has 3 rings (SSSR count). The van der Waals surface area contributed by atoms with E-state index in [0.717, 1.165) is 4.47 Å². The number of nitro benzene ring substituents is 1. The molecule has 0 unspecified atom stereocenters. The van der Waals surface area contributed by atoms with Gasteiger partial charge < -0.3 is 19.2 Å². The molecule has 9 heteroatoms. The van der Waals surface area contributed by atoms with Gasteiger partial charge in [0.2, 0.25) is 0 Å². The molecular weight excluding hydrogens is 444 g/mol. The van der Waals surface area contributed by atoms with Crippen molar-refractivity contribution in [3.05, 3.63) is 80.7 Å². The SMILES string of the molecule is CCOc1ccc(NC(=O)c2ccc(COc3ccc(Br)cc3)o2)c([N+](=O)[O-])c1. The number of hydrogen-bond acceptors (Lipinski definition) is 6. The second-order valence-corrected chi connectivity index (χ2v) is 6.75. The molecule has 0 radical (unpaired) electrons. The molecule has 29 heavy (non-hydrogen) atoms. The fraction of sp³-hybridized carbons (Fsp3) is 0.150. The lowest BCUT2D eigenvalue weighted by Crippen LogP contribution is -2.12. The second-order valence-electron chi connectivity index (χ2n) is 5.83. The number of amides is 1. The molecule has 0 saturated heterocycles. The number of anilines is 1. The van der Waals surface area contributed by atoms with E-state index in [4.69, 9.17) is 13.9 Å². The van der Waals surface area contributed by atoms with Crippen molar-refractivity contribution < 1.29 is 23.6 Å². The van der Waals surface area contributed by atoms with Gasteiger partial charge in [-0.25, -0.2) is 0 Å².